The fraction of sp³-hybridized carbons (Fsp3) is 0.364. The highest BCUT2D eigenvalue weighted by Crippen LogP contribution is 2.19. The van der Waals surface area contributed by atoms with Crippen molar-refractivity contribution in [2.75, 3.05) is 0 Å². The van der Waals surface area contributed by atoms with Crippen LogP contribution in [0, 0.1) is 5.92 Å². The highest BCUT2D eigenvalue weighted by molar-refractivity contribution is 5.58. The summed E-state index contributed by atoms with van der Waals surface area (Å²) in [7, 11) is 0. The zero-order valence-corrected chi connectivity index (χ0v) is 8.44. The van der Waals surface area contributed by atoms with Crippen LogP contribution in [0.1, 0.15) is 19.7 Å². The van der Waals surface area contributed by atoms with E-state index in [1.54, 1.807) is 12.3 Å². The molecule has 0 saturated carbocycles. The molecule has 0 atom stereocenters. The molecule has 2 rings (SSSR count). The van der Waals surface area contributed by atoms with Crippen molar-refractivity contribution in [1.29, 1.82) is 0 Å². The van der Waals surface area contributed by atoms with Crippen LogP contribution in [0.4, 0.5) is 0 Å². The van der Waals surface area contributed by atoms with Crippen molar-refractivity contribution >= 4 is 5.52 Å². The minimum absolute atomic E-state index is 0.287. The second-order valence-electron chi connectivity index (χ2n) is 3.92. The zero-order chi connectivity index (χ0) is 10.1. The van der Waals surface area contributed by atoms with Gasteiger partial charge in [0.1, 0.15) is 17.1 Å². The van der Waals surface area contributed by atoms with Crippen LogP contribution in [0.15, 0.2) is 24.5 Å². The summed E-state index contributed by atoms with van der Waals surface area (Å²) in [5.41, 5.74) is 0.781. The van der Waals surface area contributed by atoms with Gasteiger partial charge in [0.25, 0.3) is 0 Å². The third kappa shape index (κ3) is 1.45. The molecule has 0 radical (unpaired) electrons. The van der Waals surface area contributed by atoms with E-state index < -0.39 is 0 Å². The number of hydrogen-bond donors (Lipinski definition) is 1. The molecule has 1 N–H and O–H groups in total. The maximum atomic E-state index is 9.56. The van der Waals surface area contributed by atoms with E-state index in [9.17, 15) is 5.11 Å². The fourth-order valence-corrected chi connectivity index (χ4v) is 1.58. The summed E-state index contributed by atoms with van der Waals surface area (Å²) in [6, 6.07) is 3.50. The van der Waals surface area contributed by atoms with Crippen molar-refractivity contribution in [2.24, 2.45) is 5.92 Å². The molecule has 0 aliphatic rings. The maximum absolute atomic E-state index is 9.56. The fourth-order valence-electron chi connectivity index (χ4n) is 1.58. The Balaban J connectivity index is 2.52. The molecule has 74 valence electrons. The van der Waals surface area contributed by atoms with Gasteiger partial charge in [-0.1, -0.05) is 13.8 Å². The predicted octanol–water partition coefficient (Wildman–Crippen LogP) is 2.24. The number of rotatable bonds is 2. The monoisotopic (exact) mass is 190 g/mol. The van der Waals surface area contributed by atoms with E-state index in [2.05, 4.69) is 18.8 Å². The molecule has 3 heteroatoms. The third-order valence-electron chi connectivity index (χ3n) is 2.22. The molecular weight excluding hydrogens is 176 g/mol. The largest absolute Gasteiger partial charge is 0.506 e. The smallest absolute Gasteiger partial charge is 0.141 e. The lowest BCUT2D eigenvalue weighted by Gasteiger charge is -2.04. The molecule has 2 aromatic heterocycles. The van der Waals surface area contributed by atoms with E-state index in [-0.39, 0.29) is 5.75 Å². The van der Waals surface area contributed by atoms with E-state index in [4.69, 9.17) is 0 Å². The first kappa shape index (κ1) is 9.06. The lowest BCUT2D eigenvalue weighted by molar-refractivity contribution is 0.478. The Morgan fingerprint density at radius 3 is 3.00 bits per heavy atom. The second-order valence-corrected chi connectivity index (χ2v) is 3.92. The Hall–Kier alpha value is -1.51. The highest BCUT2D eigenvalue weighted by Gasteiger charge is 2.07. The molecular formula is C11H14N2O. The number of hydrogen-bond acceptors (Lipinski definition) is 2. The molecule has 2 aromatic rings. The molecule has 2 heterocycles. The predicted molar refractivity (Wildman–Crippen MR) is 55.4 cm³/mol. The molecule has 0 spiro atoms. The summed E-state index contributed by atoms with van der Waals surface area (Å²) in [4.78, 5) is 4.30. The number of imidazole rings is 1. The van der Waals surface area contributed by atoms with Crippen molar-refractivity contribution in [3.63, 3.8) is 0 Å². The normalized spacial score (nSPS) is 11.4. The third-order valence-corrected chi connectivity index (χ3v) is 2.22. The quantitative estimate of drug-likeness (QED) is 0.788. The van der Waals surface area contributed by atoms with Crippen LogP contribution in [-0.4, -0.2) is 14.5 Å². The number of fused-ring (bicyclic) bond motifs is 1. The van der Waals surface area contributed by atoms with Crippen molar-refractivity contribution in [2.45, 2.75) is 20.3 Å². The number of pyridine rings is 1. The topological polar surface area (TPSA) is 37.5 Å². The Morgan fingerprint density at radius 2 is 2.29 bits per heavy atom. The molecule has 0 unspecified atom stereocenters. The van der Waals surface area contributed by atoms with Gasteiger partial charge < -0.3 is 9.51 Å². The van der Waals surface area contributed by atoms with E-state index >= 15 is 0 Å². The zero-order valence-electron chi connectivity index (χ0n) is 8.44. The van der Waals surface area contributed by atoms with Crippen LogP contribution in [0.25, 0.3) is 5.52 Å². The van der Waals surface area contributed by atoms with Gasteiger partial charge in [0.15, 0.2) is 0 Å². The van der Waals surface area contributed by atoms with Crippen molar-refractivity contribution in [1.82, 2.24) is 9.38 Å². The van der Waals surface area contributed by atoms with E-state index in [1.807, 2.05) is 16.7 Å². The molecule has 0 aromatic carbocycles. The Kier molecular flexibility index (Phi) is 2.15. The molecule has 0 amide bonds. The summed E-state index contributed by atoms with van der Waals surface area (Å²) < 4.78 is 1.94. The molecule has 0 saturated heterocycles. The summed E-state index contributed by atoms with van der Waals surface area (Å²) in [6.45, 7) is 4.31. The van der Waals surface area contributed by atoms with Gasteiger partial charge in [0.2, 0.25) is 0 Å². The summed E-state index contributed by atoms with van der Waals surface area (Å²) in [5.74, 6) is 1.86. The van der Waals surface area contributed by atoms with Gasteiger partial charge >= 0.3 is 0 Å². The molecule has 0 aliphatic carbocycles. The molecule has 14 heavy (non-hydrogen) atoms. The minimum Gasteiger partial charge on any atom is -0.506 e. The molecule has 0 bridgehead atoms. The van der Waals surface area contributed by atoms with E-state index in [0.29, 0.717) is 5.92 Å². The van der Waals surface area contributed by atoms with Crippen LogP contribution in [-0.2, 0) is 6.42 Å². The average Bonchev–Trinajstić information content (AvgIpc) is 2.49. The number of aromatic nitrogens is 2. The summed E-state index contributed by atoms with van der Waals surface area (Å²) in [6.07, 6.45) is 4.57. The van der Waals surface area contributed by atoms with Crippen molar-refractivity contribution in [3.05, 3.63) is 30.4 Å². The minimum atomic E-state index is 0.287. The van der Waals surface area contributed by atoms with E-state index in [0.717, 1.165) is 17.8 Å². The Morgan fingerprint density at radius 1 is 1.50 bits per heavy atom. The van der Waals surface area contributed by atoms with Crippen LogP contribution in [0.3, 0.4) is 0 Å². The van der Waals surface area contributed by atoms with Gasteiger partial charge in [-0.05, 0) is 18.1 Å². The van der Waals surface area contributed by atoms with Crippen LogP contribution in [0.2, 0.25) is 0 Å². The van der Waals surface area contributed by atoms with Crippen LogP contribution >= 0.6 is 0 Å². The first-order valence-electron chi connectivity index (χ1n) is 4.82. The molecule has 3 nitrogen and oxygen atoms in total. The first-order chi connectivity index (χ1) is 6.68. The van der Waals surface area contributed by atoms with Crippen molar-refractivity contribution < 1.29 is 5.11 Å². The van der Waals surface area contributed by atoms with Gasteiger partial charge in [0.05, 0.1) is 6.20 Å². The molecule has 0 aliphatic heterocycles. The lowest BCUT2D eigenvalue weighted by Crippen LogP contribution is -1.99. The number of aromatic hydroxyl groups is 1. The maximum Gasteiger partial charge on any atom is 0.141 e. The van der Waals surface area contributed by atoms with Gasteiger partial charge in [-0.25, -0.2) is 4.98 Å². The van der Waals surface area contributed by atoms with Crippen LogP contribution < -0.4 is 0 Å². The Bertz CT molecular complexity index is 445. The van der Waals surface area contributed by atoms with Gasteiger partial charge in [0, 0.05) is 12.6 Å². The van der Waals surface area contributed by atoms with Gasteiger partial charge in [-0.2, -0.15) is 0 Å². The van der Waals surface area contributed by atoms with Gasteiger partial charge in [-0.3, -0.25) is 0 Å². The van der Waals surface area contributed by atoms with Crippen molar-refractivity contribution in [3.8, 4) is 5.75 Å². The van der Waals surface area contributed by atoms with Crippen LogP contribution in [0.5, 0.6) is 5.75 Å². The second kappa shape index (κ2) is 3.33. The van der Waals surface area contributed by atoms with E-state index in [1.165, 1.54) is 0 Å². The summed E-state index contributed by atoms with van der Waals surface area (Å²) in [5, 5.41) is 9.56. The Labute approximate surface area is 83.0 Å². The SMILES string of the molecule is CC(C)Cc1ncc2c(O)cccn12. The summed E-state index contributed by atoms with van der Waals surface area (Å²) >= 11 is 0. The standard InChI is InChI=1S/C11H14N2O/c1-8(2)6-11-12-7-9-10(14)4-3-5-13(9)11/h3-5,7-8,14H,6H2,1-2H3. The average molecular weight is 190 g/mol. The number of nitrogens with zero attached hydrogens (tertiary/aromatic N) is 2. The lowest BCUT2D eigenvalue weighted by atomic mass is 10.1. The first-order valence-corrected chi connectivity index (χ1v) is 4.82. The highest BCUT2D eigenvalue weighted by atomic mass is 16.3. The van der Waals surface area contributed by atoms with Gasteiger partial charge in [-0.15, -0.1) is 0 Å². The molecule has 0 fully saturated rings.